The molecule has 0 spiro atoms. The van der Waals surface area contributed by atoms with E-state index in [4.69, 9.17) is 10.8 Å². The Kier molecular flexibility index (Phi) is 4.65. The van der Waals surface area contributed by atoms with Gasteiger partial charge in [0.1, 0.15) is 0 Å². The number of hydrogen-bond acceptors (Lipinski definition) is 3. The molecule has 6 heteroatoms. The van der Waals surface area contributed by atoms with Crippen LogP contribution in [-0.4, -0.2) is 23.0 Å². The first-order valence-electron chi connectivity index (χ1n) is 4.94. The van der Waals surface area contributed by atoms with Gasteiger partial charge in [-0.15, -0.1) is 0 Å². The molecule has 0 aliphatic carbocycles. The van der Waals surface area contributed by atoms with Gasteiger partial charge in [-0.1, -0.05) is 15.9 Å². The normalized spacial score (nSPS) is 11.9. The van der Waals surface area contributed by atoms with Crippen molar-refractivity contribution in [2.45, 2.75) is 19.4 Å². The summed E-state index contributed by atoms with van der Waals surface area (Å²) < 4.78 is 0.905. The van der Waals surface area contributed by atoms with Crippen molar-refractivity contribution in [2.75, 3.05) is 5.32 Å². The summed E-state index contributed by atoms with van der Waals surface area (Å²) in [5, 5.41) is 11.1. The lowest BCUT2D eigenvalue weighted by Crippen LogP contribution is -2.37. The number of carbonyl (C=O) groups excluding carboxylic acids is 1. The molecule has 5 nitrogen and oxygen atoms in total. The van der Waals surface area contributed by atoms with Gasteiger partial charge in [0, 0.05) is 10.2 Å². The Morgan fingerprint density at radius 1 is 1.53 bits per heavy atom. The molecular formula is C11H13BrN2O3. The first-order valence-corrected chi connectivity index (χ1v) is 5.74. The van der Waals surface area contributed by atoms with E-state index < -0.39 is 17.9 Å². The van der Waals surface area contributed by atoms with Crippen molar-refractivity contribution >= 4 is 33.5 Å². The predicted molar refractivity (Wildman–Crippen MR) is 67.7 cm³/mol. The van der Waals surface area contributed by atoms with Crippen molar-refractivity contribution in [2.24, 2.45) is 5.73 Å². The van der Waals surface area contributed by atoms with Gasteiger partial charge >= 0.3 is 5.97 Å². The summed E-state index contributed by atoms with van der Waals surface area (Å²) in [4.78, 5) is 22.0. The first-order chi connectivity index (χ1) is 7.90. The van der Waals surface area contributed by atoms with Crippen molar-refractivity contribution in [1.29, 1.82) is 0 Å². The van der Waals surface area contributed by atoms with E-state index in [1.165, 1.54) is 0 Å². The van der Waals surface area contributed by atoms with Crippen LogP contribution in [0.5, 0.6) is 0 Å². The zero-order chi connectivity index (χ0) is 13.0. The topological polar surface area (TPSA) is 92.4 Å². The third-order valence-electron chi connectivity index (χ3n) is 2.18. The lowest BCUT2D eigenvalue weighted by molar-refractivity contribution is -0.138. The molecular weight excluding hydrogens is 288 g/mol. The molecule has 0 saturated carbocycles. The van der Waals surface area contributed by atoms with Crippen molar-refractivity contribution in [3.05, 3.63) is 28.2 Å². The number of amides is 1. The highest BCUT2D eigenvalue weighted by Gasteiger charge is 2.17. The number of carboxylic acid groups (broad SMARTS) is 1. The molecule has 1 aromatic carbocycles. The molecule has 1 rings (SSSR count). The van der Waals surface area contributed by atoms with Crippen molar-refractivity contribution in [1.82, 2.24) is 0 Å². The van der Waals surface area contributed by atoms with E-state index in [1.807, 2.05) is 13.0 Å². The van der Waals surface area contributed by atoms with E-state index in [2.05, 4.69) is 21.2 Å². The summed E-state index contributed by atoms with van der Waals surface area (Å²) >= 11 is 3.31. The number of nitrogens with one attached hydrogen (secondary N) is 1. The van der Waals surface area contributed by atoms with Crippen LogP contribution in [0.15, 0.2) is 22.7 Å². The molecule has 0 aliphatic heterocycles. The van der Waals surface area contributed by atoms with Crippen LogP contribution in [0.1, 0.15) is 12.0 Å². The van der Waals surface area contributed by atoms with Crippen LogP contribution in [-0.2, 0) is 9.59 Å². The van der Waals surface area contributed by atoms with Gasteiger partial charge < -0.3 is 16.2 Å². The second-order valence-electron chi connectivity index (χ2n) is 3.65. The second-order valence-corrected chi connectivity index (χ2v) is 4.57. The first kappa shape index (κ1) is 13.7. The third kappa shape index (κ3) is 4.16. The van der Waals surface area contributed by atoms with Crippen molar-refractivity contribution in [3.8, 4) is 0 Å². The highest BCUT2D eigenvalue weighted by Crippen LogP contribution is 2.20. The number of carboxylic acids is 1. The Morgan fingerprint density at radius 3 is 2.71 bits per heavy atom. The average Bonchev–Trinajstić information content (AvgIpc) is 2.21. The van der Waals surface area contributed by atoms with Gasteiger partial charge in [-0.2, -0.15) is 0 Å². The fourth-order valence-corrected chi connectivity index (χ4v) is 1.75. The summed E-state index contributed by atoms with van der Waals surface area (Å²) in [6, 6.07) is 4.31. The van der Waals surface area contributed by atoms with Crippen LogP contribution in [0.25, 0.3) is 0 Å². The molecule has 1 atom stereocenters. The molecule has 17 heavy (non-hydrogen) atoms. The number of anilines is 1. The van der Waals surface area contributed by atoms with E-state index in [9.17, 15) is 9.59 Å². The molecule has 0 saturated heterocycles. The standard InChI is InChI=1S/C11H13BrN2O3/c1-6-4-7(12)2-3-9(6)14-11(17)8(13)5-10(15)16/h2-4,8H,5,13H2,1H3,(H,14,17)(H,15,16). The van der Waals surface area contributed by atoms with Crippen LogP contribution >= 0.6 is 15.9 Å². The number of halogens is 1. The second kappa shape index (κ2) is 5.79. The summed E-state index contributed by atoms with van der Waals surface area (Å²) in [5.74, 6) is -1.60. The molecule has 0 radical (unpaired) electrons. The number of carbonyl (C=O) groups is 2. The fourth-order valence-electron chi connectivity index (χ4n) is 1.27. The summed E-state index contributed by atoms with van der Waals surface area (Å²) in [5.41, 5.74) is 6.94. The van der Waals surface area contributed by atoms with E-state index in [0.29, 0.717) is 5.69 Å². The van der Waals surface area contributed by atoms with Gasteiger partial charge in [0.15, 0.2) is 0 Å². The maximum absolute atomic E-state index is 11.6. The summed E-state index contributed by atoms with van der Waals surface area (Å²) in [7, 11) is 0. The minimum atomic E-state index is -1.10. The van der Waals surface area contributed by atoms with Crippen LogP contribution in [0.3, 0.4) is 0 Å². The van der Waals surface area contributed by atoms with Crippen LogP contribution in [0.2, 0.25) is 0 Å². The lowest BCUT2D eigenvalue weighted by atomic mass is 10.1. The smallest absolute Gasteiger partial charge is 0.305 e. The Hall–Kier alpha value is -1.40. The largest absolute Gasteiger partial charge is 0.481 e. The summed E-state index contributed by atoms with van der Waals surface area (Å²) in [6.45, 7) is 1.84. The Labute approximate surface area is 107 Å². The van der Waals surface area contributed by atoms with Gasteiger partial charge in [0.2, 0.25) is 5.91 Å². The monoisotopic (exact) mass is 300 g/mol. The van der Waals surface area contributed by atoms with Crippen LogP contribution in [0.4, 0.5) is 5.69 Å². The van der Waals surface area contributed by atoms with Gasteiger partial charge in [-0.05, 0) is 30.7 Å². The number of aryl methyl sites for hydroxylation is 1. The SMILES string of the molecule is Cc1cc(Br)ccc1NC(=O)C(N)CC(=O)O. The number of aliphatic carboxylic acids is 1. The number of rotatable bonds is 4. The minimum absolute atomic E-state index is 0.387. The molecule has 1 amide bonds. The maximum Gasteiger partial charge on any atom is 0.305 e. The van der Waals surface area contributed by atoms with Gasteiger partial charge in [-0.25, -0.2) is 0 Å². The molecule has 0 aliphatic rings. The summed E-state index contributed by atoms with van der Waals surface area (Å²) in [6.07, 6.45) is -0.387. The third-order valence-corrected chi connectivity index (χ3v) is 2.67. The maximum atomic E-state index is 11.6. The molecule has 0 aromatic heterocycles. The average molecular weight is 301 g/mol. The van der Waals surface area contributed by atoms with Crippen LogP contribution in [0, 0.1) is 6.92 Å². The Bertz CT molecular complexity index is 448. The number of hydrogen-bond donors (Lipinski definition) is 3. The van der Waals surface area contributed by atoms with Gasteiger partial charge in [0.05, 0.1) is 12.5 Å². The van der Waals surface area contributed by atoms with Crippen LogP contribution < -0.4 is 11.1 Å². The Balaban J connectivity index is 2.71. The molecule has 92 valence electrons. The quantitative estimate of drug-likeness (QED) is 0.785. The lowest BCUT2D eigenvalue weighted by Gasteiger charge is -2.12. The highest BCUT2D eigenvalue weighted by atomic mass is 79.9. The predicted octanol–water partition coefficient (Wildman–Crippen LogP) is 1.50. The molecule has 0 heterocycles. The molecule has 1 unspecified atom stereocenters. The minimum Gasteiger partial charge on any atom is -0.481 e. The molecule has 1 aromatic rings. The van der Waals surface area contributed by atoms with E-state index >= 15 is 0 Å². The Morgan fingerprint density at radius 2 is 2.18 bits per heavy atom. The van der Waals surface area contributed by atoms with Crippen molar-refractivity contribution < 1.29 is 14.7 Å². The molecule has 0 fully saturated rings. The van der Waals surface area contributed by atoms with Gasteiger partial charge in [0.25, 0.3) is 0 Å². The molecule has 0 bridgehead atoms. The fraction of sp³-hybridized carbons (Fsp3) is 0.273. The zero-order valence-electron chi connectivity index (χ0n) is 9.24. The van der Waals surface area contributed by atoms with Gasteiger partial charge in [-0.3, -0.25) is 9.59 Å². The number of benzene rings is 1. The van der Waals surface area contributed by atoms with E-state index in [1.54, 1.807) is 12.1 Å². The van der Waals surface area contributed by atoms with E-state index in [-0.39, 0.29) is 6.42 Å². The van der Waals surface area contributed by atoms with Crippen molar-refractivity contribution in [3.63, 3.8) is 0 Å². The number of nitrogens with two attached hydrogens (primary N) is 1. The van der Waals surface area contributed by atoms with E-state index in [0.717, 1.165) is 10.0 Å². The zero-order valence-corrected chi connectivity index (χ0v) is 10.8. The highest BCUT2D eigenvalue weighted by molar-refractivity contribution is 9.10. The molecule has 4 N–H and O–H groups in total.